The molecule has 0 radical (unpaired) electrons. The van der Waals surface area contributed by atoms with Crippen LogP contribution >= 0.6 is 7.37 Å². The summed E-state index contributed by atoms with van der Waals surface area (Å²) in [5.74, 6) is -0.396. The first-order chi connectivity index (χ1) is 17.1. The fraction of sp³-hybridized carbons (Fsp3) is 0.481. The third kappa shape index (κ3) is 6.16. The first kappa shape index (κ1) is 27.2. The molecule has 2 bridgehead atoms. The first-order valence-electron chi connectivity index (χ1n) is 12.6. The number of hydrogen-bond acceptors (Lipinski definition) is 3. The predicted molar refractivity (Wildman–Crippen MR) is 138 cm³/mol. The second-order valence-electron chi connectivity index (χ2n) is 10.0. The van der Waals surface area contributed by atoms with Gasteiger partial charge in [-0.15, -0.1) is 0 Å². The lowest BCUT2D eigenvalue weighted by Gasteiger charge is -2.31. The van der Waals surface area contributed by atoms with Gasteiger partial charge in [-0.05, 0) is 86.1 Å². The zero-order chi connectivity index (χ0) is 25.9. The molecule has 2 aliphatic carbocycles. The summed E-state index contributed by atoms with van der Waals surface area (Å²) in [5.41, 5.74) is 0.106. The van der Waals surface area contributed by atoms with Crippen molar-refractivity contribution in [2.45, 2.75) is 56.4 Å². The van der Waals surface area contributed by atoms with Crippen molar-refractivity contribution in [1.82, 2.24) is 4.72 Å². The summed E-state index contributed by atoms with van der Waals surface area (Å²) in [4.78, 5) is 9.76. The zero-order valence-electron chi connectivity index (χ0n) is 20.4. The van der Waals surface area contributed by atoms with Crippen LogP contribution in [-0.4, -0.2) is 31.7 Å². The van der Waals surface area contributed by atoms with Crippen molar-refractivity contribution in [3.63, 3.8) is 0 Å². The van der Waals surface area contributed by atoms with E-state index in [1.165, 1.54) is 42.5 Å². The molecule has 36 heavy (non-hydrogen) atoms. The smallest absolute Gasteiger partial charge is 0.240 e. The van der Waals surface area contributed by atoms with Gasteiger partial charge in [0.1, 0.15) is 11.6 Å². The normalized spacial score (nSPS) is 25.4. The van der Waals surface area contributed by atoms with E-state index < -0.39 is 29.0 Å². The van der Waals surface area contributed by atoms with Crippen molar-refractivity contribution in [2.24, 2.45) is 17.8 Å². The minimum absolute atomic E-state index is 0.0735. The SMILES string of the molecule is CCP(=O)(O)CCC/C=C/CC1C2CCC(C2)C1NS(=O)(=O)c1ccc(-c2c(F)cccc2F)cc1. The lowest BCUT2D eigenvalue weighted by Crippen LogP contribution is -2.43. The van der Waals surface area contributed by atoms with Crippen LogP contribution < -0.4 is 4.72 Å². The van der Waals surface area contributed by atoms with Crippen LogP contribution in [0.2, 0.25) is 0 Å². The number of halogens is 2. The molecule has 0 aliphatic heterocycles. The summed E-state index contributed by atoms with van der Waals surface area (Å²) in [7, 11) is -6.79. The minimum atomic E-state index is -3.80. The number of fused-ring (bicyclic) bond motifs is 2. The Labute approximate surface area is 212 Å². The Morgan fingerprint density at radius 1 is 1.06 bits per heavy atom. The topological polar surface area (TPSA) is 83.5 Å². The van der Waals surface area contributed by atoms with E-state index in [9.17, 15) is 26.7 Å². The maximum atomic E-state index is 14.1. The van der Waals surface area contributed by atoms with Crippen molar-refractivity contribution in [2.75, 3.05) is 12.3 Å². The summed E-state index contributed by atoms with van der Waals surface area (Å²) in [6.07, 6.45) is 10.0. The zero-order valence-corrected chi connectivity index (χ0v) is 22.2. The van der Waals surface area contributed by atoms with E-state index in [0.29, 0.717) is 30.6 Å². The molecule has 5 unspecified atom stereocenters. The van der Waals surface area contributed by atoms with E-state index in [2.05, 4.69) is 10.8 Å². The van der Waals surface area contributed by atoms with Crippen LogP contribution in [0.4, 0.5) is 8.78 Å². The van der Waals surface area contributed by atoms with Crippen LogP contribution in [0, 0.1) is 29.4 Å². The summed E-state index contributed by atoms with van der Waals surface area (Å²) in [6, 6.07) is 9.12. The Morgan fingerprint density at radius 2 is 1.72 bits per heavy atom. The van der Waals surface area contributed by atoms with E-state index in [4.69, 9.17) is 0 Å². The fourth-order valence-corrected chi connectivity index (χ4v) is 8.09. The van der Waals surface area contributed by atoms with Gasteiger partial charge in [-0.1, -0.05) is 37.3 Å². The number of unbranched alkanes of at least 4 members (excludes halogenated alkanes) is 1. The predicted octanol–water partition coefficient (Wildman–Crippen LogP) is 6.34. The van der Waals surface area contributed by atoms with Crippen molar-refractivity contribution in [3.05, 3.63) is 66.3 Å². The number of nitrogens with one attached hydrogen (secondary N) is 1. The van der Waals surface area contributed by atoms with E-state index >= 15 is 0 Å². The second-order valence-corrected chi connectivity index (χ2v) is 14.5. The molecule has 9 heteroatoms. The second kappa shape index (κ2) is 11.3. The van der Waals surface area contributed by atoms with Gasteiger partial charge >= 0.3 is 0 Å². The van der Waals surface area contributed by atoms with E-state index in [1.807, 2.05) is 6.08 Å². The largest absolute Gasteiger partial charge is 0.344 e. The van der Waals surface area contributed by atoms with Gasteiger partial charge in [-0.3, -0.25) is 4.57 Å². The monoisotopic (exact) mass is 537 g/mol. The highest BCUT2D eigenvalue weighted by Gasteiger charge is 2.48. The van der Waals surface area contributed by atoms with Crippen molar-refractivity contribution in [3.8, 4) is 11.1 Å². The quantitative estimate of drug-likeness (QED) is 0.199. The molecule has 0 saturated heterocycles. The van der Waals surface area contributed by atoms with Crippen molar-refractivity contribution in [1.29, 1.82) is 0 Å². The van der Waals surface area contributed by atoms with Crippen LogP contribution in [0.25, 0.3) is 11.1 Å². The Kier molecular flexibility index (Phi) is 8.50. The summed E-state index contributed by atoms with van der Waals surface area (Å²) < 4.78 is 69.3. The van der Waals surface area contributed by atoms with E-state index in [-0.39, 0.29) is 28.0 Å². The molecular formula is C27H34F2NO4PS. The van der Waals surface area contributed by atoms with Gasteiger partial charge in [-0.25, -0.2) is 21.9 Å². The highest BCUT2D eigenvalue weighted by Crippen LogP contribution is 2.50. The molecule has 2 aliphatic rings. The lowest BCUT2D eigenvalue weighted by atomic mass is 9.83. The molecular weight excluding hydrogens is 503 g/mol. The Bertz CT molecular complexity index is 1230. The van der Waals surface area contributed by atoms with Gasteiger partial charge in [0.05, 0.1) is 10.5 Å². The van der Waals surface area contributed by atoms with Crippen LogP contribution in [0.5, 0.6) is 0 Å². The van der Waals surface area contributed by atoms with Gasteiger partial charge < -0.3 is 4.89 Å². The molecule has 0 aromatic heterocycles. The maximum Gasteiger partial charge on any atom is 0.240 e. The first-order valence-corrected chi connectivity index (χ1v) is 16.2. The molecule has 0 heterocycles. The van der Waals surface area contributed by atoms with Crippen LogP contribution in [0.15, 0.2) is 59.5 Å². The lowest BCUT2D eigenvalue weighted by molar-refractivity contribution is 0.274. The molecule has 196 valence electrons. The number of benzene rings is 2. The molecule has 0 amide bonds. The molecule has 2 aromatic carbocycles. The number of allylic oxidation sites excluding steroid dienone is 2. The van der Waals surface area contributed by atoms with Crippen molar-refractivity contribution >= 4 is 17.4 Å². The van der Waals surface area contributed by atoms with Gasteiger partial charge in [0, 0.05) is 18.4 Å². The number of sulfonamides is 1. The Morgan fingerprint density at radius 3 is 2.39 bits per heavy atom. The average Bonchev–Trinajstić information content (AvgIpc) is 3.44. The molecule has 0 spiro atoms. The molecule has 5 nitrogen and oxygen atoms in total. The fourth-order valence-electron chi connectivity index (χ4n) is 5.74. The minimum Gasteiger partial charge on any atom is -0.344 e. The van der Waals surface area contributed by atoms with Crippen LogP contribution in [0.1, 0.15) is 45.4 Å². The maximum absolute atomic E-state index is 14.1. The van der Waals surface area contributed by atoms with Gasteiger partial charge in [0.15, 0.2) is 7.37 Å². The average molecular weight is 538 g/mol. The Balaban J connectivity index is 1.40. The van der Waals surface area contributed by atoms with Crippen molar-refractivity contribution < 1.29 is 26.7 Å². The van der Waals surface area contributed by atoms with Gasteiger partial charge in [0.25, 0.3) is 0 Å². The highest BCUT2D eigenvalue weighted by molar-refractivity contribution is 7.89. The summed E-state index contributed by atoms with van der Waals surface area (Å²) in [6.45, 7) is 1.73. The summed E-state index contributed by atoms with van der Waals surface area (Å²) in [5, 5.41) is 0. The van der Waals surface area contributed by atoms with E-state index in [1.54, 1.807) is 6.92 Å². The molecule has 2 fully saturated rings. The van der Waals surface area contributed by atoms with Crippen LogP contribution in [-0.2, 0) is 14.6 Å². The molecule has 4 rings (SSSR count). The molecule has 2 aromatic rings. The van der Waals surface area contributed by atoms with E-state index in [0.717, 1.165) is 32.1 Å². The van der Waals surface area contributed by atoms with Gasteiger partial charge in [-0.2, -0.15) is 0 Å². The number of rotatable bonds is 11. The highest BCUT2D eigenvalue weighted by atomic mass is 32.2. The standard InChI is InChI=1S/C27H34F2NO4PS/c1-2-35(31,32)17-6-4-3-5-8-23-20-11-12-21(18-20)27(23)30-36(33,34)22-15-13-19(14-16-22)26-24(28)9-7-10-25(26)29/h3,5,7,9-10,13-16,20-21,23,27,30H,2,4,6,8,11-12,17-18H2,1H3,(H,31,32)/b5-3+. The molecule has 2 N–H and O–H groups in total. The molecule has 5 atom stereocenters. The third-order valence-electron chi connectivity index (χ3n) is 7.74. The molecule has 2 saturated carbocycles. The van der Waals surface area contributed by atoms with Gasteiger partial charge in [0.2, 0.25) is 10.0 Å². The Hall–Kier alpha value is -1.86. The number of hydrogen-bond donors (Lipinski definition) is 2. The third-order valence-corrected chi connectivity index (χ3v) is 11.2. The summed E-state index contributed by atoms with van der Waals surface area (Å²) >= 11 is 0. The van der Waals surface area contributed by atoms with Crippen LogP contribution in [0.3, 0.4) is 0 Å².